The first-order chi connectivity index (χ1) is 6.13. The normalized spacial score (nSPS) is 22.5. The summed E-state index contributed by atoms with van der Waals surface area (Å²) in [5.74, 6) is 0.631. The van der Waals surface area contributed by atoms with Gasteiger partial charge in [0, 0.05) is 0 Å². The van der Waals surface area contributed by atoms with Crippen molar-refractivity contribution in [3.05, 3.63) is 0 Å². The fourth-order valence-corrected chi connectivity index (χ4v) is 3.27. The molecule has 1 fully saturated rings. The lowest BCUT2D eigenvalue weighted by Gasteiger charge is -2.29. The minimum absolute atomic E-state index is 0.114. The molecule has 0 radical (unpaired) electrons. The molecule has 0 aromatic rings. The highest BCUT2D eigenvalue weighted by Gasteiger charge is 2.28. The molecule has 78 valence electrons. The van der Waals surface area contributed by atoms with Crippen LogP contribution in [0.3, 0.4) is 0 Å². The fourth-order valence-electron chi connectivity index (χ4n) is 2.15. The standard InChI is InChI=1S/C9H19NO2S/c1-7(2)9(13(11)12)8-3-5-10-6-4-8/h7-10,13H,3-6H2,1-2H3. The average Bonchev–Trinajstić information content (AvgIpc) is 2.04. The van der Waals surface area contributed by atoms with Crippen LogP contribution in [0, 0.1) is 11.8 Å². The van der Waals surface area contributed by atoms with Crippen molar-refractivity contribution in [3.63, 3.8) is 0 Å². The van der Waals surface area contributed by atoms with Gasteiger partial charge in [0.15, 0.2) is 0 Å². The molecular formula is C9H19NO2S. The van der Waals surface area contributed by atoms with Gasteiger partial charge in [0.25, 0.3) is 0 Å². The molecule has 1 N–H and O–H groups in total. The molecule has 0 aromatic carbocycles. The maximum absolute atomic E-state index is 11.1. The van der Waals surface area contributed by atoms with Crippen LogP contribution < -0.4 is 5.32 Å². The molecule has 1 rings (SSSR count). The molecule has 0 saturated carbocycles. The Labute approximate surface area is 81.9 Å². The first-order valence-corrected chi connectivity index (χ1v) is 6.22. The van der Waals surface area contributed by atoms with E-state index in [1.807, 2.05) is 13.8 Å². The smallest absolute Gasteiger partial charge is 0.143 e. The maximum Gasteiger partial charge on any atom is 0.143 e. The number of hydrogen-bond acceptors (Lipinski definition) is 3. The molecule has 0 aromatic heterocycles. The SMILES string of the molecule is CC(C)C(C1CCNCC1)[SH](=O)=O. The Hall–Kier alpha value is -0.0900. The van der Waals surface area contributed by atoms with E-state index in [2.05, 4.69) is 5.32 Å². The summed E-state index contributed by atoms with van der Waals surface area (Å²) in [5.41, 5.74) is 0. The van der Waals surface area contributed by atoms with E-state index in [1.54, 1.807) is 0 Å². The zero-order chi connectivity index (χ0) is 9.84. The van der Waals surface area contributed by atoms with E-state index >= 15 is 0 Å². The summed E-state index contributed by atoms with van der Waals surface area (Å²) in [5, 5.41) is 3.14. The first-order valence-electron chi connectivity index (χ1n) is 4.97. The Morgan fingerprint density at radius 1 is 1.23 bits per heavy atom. The maximum atomic E-state index is 11.1. The molecule has 1 saturated heterocycles. The lowest BCUT2D eigenvalue weighted by molar-refractivity contribution is 0.321. The van der Waals surface area contributed by atoms with Crippen molar-refractivity contribution >= 4 is 10.7 Å². The van der Waals surface area contributed by atoms with Gasteiger partial charge < -0.3 is 5.32 Å². The Kier molecular flexibility index (Phi) is 4.19. The van der Waals surface area contributed by atoms with Crippen LogP contribution in [0.1, 0.15) is 26.7 Å². The van der Waals surface area contributed by atoms with Gasteiger partial charge >= 0.3 is 0 Å². The van der Waals surface area contributed by atoms with E-state index in [-0.39, 0.29) is 11.2 Å². The van der Waals surface area contributed by atoms with Crippen molar-refractivity contribution < 1.29 is 8.42 Å². The lowest BCUT2D eigenvalue weighted by Crippen LogP contribution is -2.37. The van der Waals surface area contributed by atoms with Crippen LogP contribution in [-0.2, 0) is 10.7 Å². The number of thiol groups is 1. The predicted octanol–water partition coefficient (Wildman–Crippen LogP) is 0.622. The third-order valence-corrected chi connectivity index (χ3v) is 4.30. The summed E-state index contributed by atoms with van der Waals surface area (Å²) >= 11 is 0. The second-order valence-corrected chi connectivity index (χ2v) is 5.27. The minimum atomic E-state index is -2.25. The van der Waals surface area contributed by atoms with Gasteiger partial charge in [-0.25, -0.2) is 8.42 Å². The van der Waals surface area contributed by atoms with Crippen molar-refractivity contribution in [2.24, 2.45) is 11.8 Å². The number of piperidine rings is 1. The monoisotopic (exact) mass is 205 g/mol. The Morgan fingerprint density at radius 3 is 2.15 bits per heavy atom. The molecule has 1 heterocycles. The topological polar surface area (TPSA) is 46.2 Å². The average molecular weight is 205 g/mol. The largest absolute Gasteiger partial charge is 0.317 e. The van der Waals surface area contributed by atoms with E-state index in [9.17, 15) is 8.42 Å². The molecule has 0 spiro atoms. The molecule has 1 unspecified atom stereocenters. The highest BCUT2D eigenvalue weighted by atomic mass is 32.2. The highest BCUT2D eigenvalue weighted by Crippen LogP contribution is 2.24. The molecule has 0 bridgehead atoms. The molecular weight excluding hydrogens is 186 g/mol. The lowest BCUT2D eigenvalue weighted by atomic mass is 9.89. The number of hydrogen-bond donors (Lipinski definition) is 2. The quantitative estimate of drug-likeness (QED) is 0.664. The van der Waals surface area contributed by atoms with E-state index in [0.717, 1.165) is 25.9 Å². The van der Waals surface area contributed by atoms with Crippen molar-refractivity contribution in [3.8, 4) is 0 Å². The van der Waals surface area contributed by atoms with E-state index in [1.165, 1.54) is 0 Å². The Balaban J connectivity index is 2.62. The summed E-state index contributed by atoms with van der Waals surface area (Å²) < 4.78 is 22.1. The molecule has 1 aliphatic heterocycles. The van der Waals surface area contributed by atoms with Crippen LogP contribution in [0.5, 0.6) is 0 Å². The van der Waals surface area contributed by atoms with Gasteiger partial charge in [-0.3, -0.25) is 0 Å². The Morgan fingerprint density at radius 2 is 1.77 bits per heavy atom. The van der Waals surface area contributed by atoms with Crippen LogP contribution in [-0.4, -0.2) is 26.8 Å². The number of nitrogens with one attached hydrogen (secondary N) is 1. The molecule has 3 nitrogen and oxygen atoms in total. The third-order valence-electron chi connectivity index (χ3n) is 2.79. The zero-order valence-corrected chi connectivity index (χ0v) is 9.22. The van der Waals surface area contributed by atoms with Crippen molar-refractivity contribution in [1.29, 1.82) is 0 Å². The van der Waals surface area contributed by atoms with Gasteiger partial charge in [-0.15, -0.1) is 0 Å². The second-order valence-electron chi connectivity index (χ2n) is 4.11. The third kappa shape index (κ3) is 2.95. The molecule has 1 atom stereocenters. The van der Waals surface area contributed by atoms with Crippen LogP contribution >= 0.6 is 0 Å². The predicted molar refractivity (Wildman–Crippen MR) is 54.5 cm³/mol. The Bertz CT molecular complexity index is 212. The molecule has 13 heavy (non-hydrogen) atoms. The fraction of sp³-hybridized carbons (Fsp3) is 1.00. The first kappa shape index (κ1) is 11.0. The summed E-state index contributed by atoms with van der Waals surface area (Å²) in [6.45, 7) is 5.93. The zero-order valence-electron chi connectivity index (χ0n) is 8.32. The molecule has 0 aliphatic carbocycles. The minimum Gasteiger partial charge on any atom is -0.317 e. The summed E-state index contributed by atoms with van der Waals surface area (Å²) in [4.78, 5) is 0. The van der Waals surface area contributed by atoms with E-state index in [4.69, 9.17) is 0 Å². The van der Waals surface area contributed by atoms with Crippen LogP contribution in [0.15, 0.2) is 0 Å². The van der Waals surface area contributed by atoms with Crippen LogP contribution in [0.4, 0.5) is 0 Å². The van der Waals surface area contributed by atoms with Gasteiger partial charge in [0.05, 0.1) is 5.25 Å². The second kappa shape index (κ2) is 4.96. The molecule has 0 amide bonds. The van der Waals surface area contributed by atoms with Gasteiger partial charge in [-0.05, 0) is 37.8 Å². The van der Waals surface area contributed by atoms with Gasteiger partial charge in [0.2, 0.25) is 0 Å². The summed E-state index contributed by atoms with van der Waals surface area (Å²) in [7, 11) is -2.25. The highest BCUT2D eigenvalue weighted by molar-refractivity contribution is 7.73. The van der Waals surface area contributed by atoms with Crippen molar-refractivity contribution in [2.45, 2.75) is 31.9 Å². The molecule has 1 aliphatic rings. The van der Waals surface area contributed by atoms with Crippen molar-refractivity contribution in [1.82, 2.24) is 5.32 Å². The van der Waals surface area contributed by atoms with Crippen LogP contribution in [0.2, 0.25) is 0 Å². The number of rotatable bonds is 3. The summed E-state index contributed by atoms with van der Waals surface area (Å²) in [6, 6.07) is 0. The van der Waals surface area contributed by atoms with Crippen molar-refractivity contribution in [2.75, 3.05) is 13.1 Å². The van der Waals surface area contributed by atoms with Gasteiger partial charge in [-0.1, -0.05) is 13.8 Å². The van der Waals surface area contributed by atoms with E-state index in [0.29, 0.717) is 5.92 Å². The summed E-state index contributed by atoms with van der Waals surface area (Å²) in [6.07, 6.45) is 2.01. The van der Waals surface area contributed by atoms with Crippen LogP contribution in [0.25, 0.3) is 0 Å². The molecule has 4 heteroatoms. The van der Waals surface area contributed by atoms with E-state index < -0.39 is 10.7 Å². The van der Waals surface area contributed by atoms with Gasteiger partial charge in [0.1, 0.15) is 10.7 Å². The van der Waals surface area contributed by atoms with Gasteiger partial charge in [-0.2, -0.15) is 0 Å².